The van der Waals surface area contributed by atoms with Crippen molar-refractivity contribution >= 4 is 21.9 Å². The molecule has 1 aromatic rings. The van der Waals surface area contributed by atoms with Crippen LogP contribution in [0.2, 0.25) is 0 Å². The van der Waals surface area contributed by atoms with Gasteiger partial charge in [-0.15, -0.1) is 0 Å². The Labute approximate surface area is 133 Å². The lowest BCUT2D eigenvalue weighted by molar-refractivity contribution is 0.0697. The summed E-state index contributed by atoms with van der Waals surface area (Å²) in [6, 6.07) is 5.10. The van der Waals surface area contributed by atoms with Crippen molar-refractivity contribution in [1.29, 1.82) is 0 Å². The number of nitrogens with one attached hydrogen (secondary N) is 1. The van der Waals surface area contributed by atoms with Crippen LogP contribution in [0, 0.1) is 11.8 Å². The van der Waals surface area contributed by atoms with E-state index in [1.54, 1.807) is 12.1 Å². The molecule has 1 aliphatic rings. The van der Waals surface area contributed by atoms with Gasteiger partial charge in [0.15, 0.2) is 0 Å². The fourth-order valence-corrected chi connectivity index (χ4v) is 3.53. The average Bonchev–Trinajstić information content (AvgIpc) is 2.49. The largest absolute Gasteiger partial charge is 0.478 e. The third kappa shape index (κ3) is 4.53. The summed E-state index contributed by atoms with van der Waals surface area (Å²) in [5.74, 6) is 0.0492. The van der Waals surface area contributed by atoms with Crippen molar-refractivity contribution in [3.05, 3.63) is 33.8 Å². The standard InChI is InChI=1S/C16H22BrNO3/c17-15-7-11(16(20)21)5-6-13(15)9-18-8-12-3-1-2-4-14(12)10-19/h5-7,12,14,18-19H,1-4,8-10H2,(H,20,21). The number of hydrogen-bond donors (Lipinski definition) is 3. The number of aliphatic hydroxyl groups excluding tert-OH is 1. The lowest BCUT2D eigenvalue weighted by Crippen LogP contribution is -2.32. The molecule has 0 aliphatic heterocycles. The summed E-state index contributed by atoms with van der Waals surface area (Å²) in [6.45, 7) is 1.89. The summed E-state index contributed by atoms with van der Waals surface area (Å²) in [7, 11) is 0. The Kier molecular flexibility index (Phi) is 6.21. The fourth-order valence-electron chi connectivity index (χ4n) is 3.01. The van der Waals surface area contributed by atoms with Gasteiger partial charge in [-0.2, -0.15) is 0 Å². The van der Waals surface area contributed by atoms with Crippen molar-refractivity contribution in [2.45, 2.75) is 32.2 Å². The first kappa shape index (κ1) is 16.5. The highest BCUT2D eigenvalue weighted by Crippen LogP contribution is 2.29. The van der Waals surface area contributed by atoms with Gasteiger partial charge in [0.2, 0.25) is 0 Å². The highest BCUT2D eigenvalue weighted by atomic mass is 79.9. The molecule has 0 heterocycles. The summed E-state index contributed by atoms with van der Waals surface area (Å²) in [4.78, 5) is 10.9. The molecular weight excluding hydrogens is 334 g/mol. The number of aromatic carboxylic acids is 1. The molecule has 0 amide bonds. The summed E-state index contributed by atoms with van der Waals surface area (Å²) in [6.07, 6.45) is 4.78. The summed E-state index contributed by atoms with van der Waals surface area (Å²) in [5, 5.41) is 21.8. The fraction of sp³-hybridized carbons (Fsp3) is 0.562. The Balaban J connectivity index is 1.87. The van der Waals surface area contributed by atoms with Crippen LogP contribution < -0.4 is 5.32 Å². The van der Waals surface area contributed by atoms with Gasteiger partial charge in [-0.1, -0.05) is 34.8 Å². The van der Waals surface area contributed by atoms with E-state index in [-0.39, 0.29) is 6.61 Å². The molecule has 3 N–H and O–H groups in total. The molecule has 5 heteroatoms. The SMILES string of the molecule is O=C(O)c1ccc(CNCC2CCCCC2CO)c(Br)c1. The average molecular weight is 356 g/mol. The Bertz CT molecular complexity index is 492. The number of carboxylic acid groups (broad SMARTS) is 1. The van der Waals surface area contributed by atoms with Gasteiger partial charge in [0.25, 0.3) is 0 Å². The molecule has 1 fully saturated rings. The lowest BCUT2D eigenvalue weighted by Gasteiger charge is -2.30. The van der Waals surface area contributed by atoms with Crippen molar-refractivity contribution in [2.75, 3.05) is 13.2 Å². The second-order valence-corrected chi connectivity index (χ2v) is 6.58. The third-order valence-electron chi connectivity index (χ3n) is 4.32. The molecular formula is C16H22BrNO3. The Morgan fingerprint density at radius 1 is 1.29 bits per heavy atom. The number of halogens is 1. The van der Waals surface area contributed by atoms with Crippen LogP contribution in [-0.2, 0) is 6.54 Å². The van der Waals surface area contributed by atoms with E-state index >= 15 is 0 Å². The van der Waals surface area contributed by atoms with E-state index in [2.05, 4.69) is 21.2 Å². The van der Waals surface area contributed by atoms with Gasteiger partial charge in [-0.25, -0.2) is 4.79 Å². The van der Waals surface area contributed by atoms with Crippen LogP contribution in [0.25, 0.3) is 0 Å². The molecule has 21 heavy (non-hydrogen) atoms. The monoisotopic (exact) mass is 355 g/mol. The van der Waals surface area contributed by atoms with Crippen molar-refractivity contribution in [3.63, 3.8) is 0 Å². The predicted molar refractivity (Wildman–Crippen MR) is 85.3 cm³/mol. The Hall–Kier alpha value is -0.910. The number of benzene rings is 1. The predicted octanol–water partition coefficient (Wildman–Crippen LogP) is 3.04. The van der Waals surface area contributed by atoms with Crippen LogP contribution in [0.3, 0.4) is 0 Å². The number of aliphatic hydroxyl groups is 1. The first-order valence-corrected chi connectivity index (χ1v) is 8.24. The molecule has 2 unspecified atom stereocenters. The Morgan fingerprint density at radius 3 is 2.62 bits per heavy atom. The molecule has 116 valence electrons. The maximum Gasteiger partial charge on any atom is 0.335 e. The first-order chi connectivity index (χ1) is 10.1. The second-order valence-electron chi connectivity index (χ2n) is 5.73. The van der Waals surface area contributed by atoms with E-state index in [1.807, 2.05) is 6.07 Å². The number of rotatable bonds is 6. The van der Waals surface area contributed by atoms with E-state index in [0.29, 0.717) is 23.9 Å². The summed E-state index contributed by atoms with van der Waals surface area (Å²) in [5.41, 5.74) is 1.34. The smallest absolute Gasteiger partial charge is 0.335 e. The summed E-state index contributed by atoms with van der Waals surface area (Å²) < 4.78 is 0.817. The zero-order chi connectivity index (χ0) is 15.2. The molecule has 4 nitrogen and oxygen atoms in total. The molecule has 1 saturated carbocycles. The maximum absolute atomic E-state index is 10.9. The Morgan fingerprint density at radius 2 is 2.00 bits per heavy atom. The minimum atomic E-state index is -0.914. The minimum absolute atomic E-state index is 0.281. The molecule has 0 aromatic heterocycles. The van der Waals surface area contributed by atoms with Crippen LogP contribution in [0.1, 0.15) is 41.6 Å². The molecule has 0 saturated heterocycles. The van der Waals surface area contributed by atoms with Crippen molar-refractivity contribution < 1.29 is 15.0 Å². The molecule has 1 aromatic carbocycles. The van der Waals surface area contributed by atoms with Crippen LogP contribution in [0.4, 0.5) is 0 Å². The quantitative estimate of drug-likeness (QED) is 0.733. The lowest BCUT2D eigenvalue weighted by atomic mass is 9.79. The topological polar surface area (TPSA) is 69.6 Å². The van der Waals surface area contributed by atoms with Crippen LogP contribution in [-0.4, -0.2) is 29.3 Å². The van der Waals surface area contributed by atoms with Crippen molar-refractivity contribution in [1.82, 2.24) is 5.32 Å². The number of carbonyl (C=O) groups is 1. The van der Waals surface area contributed by atoms with E-state index in [0.717, 1.165) is 23.0 Å². The van der Waals surface area contributed by atoms with E-state index in [9.17, 15) is 9.90 Å². The molecule has 1 aliphatic carbocycles. The normalized spacial score (nSPS) is 22.2. The van der Waals surface area contributed by atoms with Gasteiger partial charge >= 0.3 is 5.97 Å². The first-order valence-electron chi connectivity index (χ1n) is 7.45. The molecule has 0 bridgehead atoms. The molecule has 2 atom stereocenters. The van der Waals surface area contributed by atoms with Gasteiger partial charge in [0.05, 0.1) is 5.56 Å². The van der Waals surface area contributed by atoms with Gasteiger partial charge in [0, 0.05) is 17.6 Å². The number of carboxylic acids is 1. The molecule has 0 radical (unpaired) electrons. The van der Waals surface area contributed by atoms with Crippen molar-refractivity contribution in [2.24, 2.45) is 11.8 Å². The molecule has 2 rings (SSSR count). The van der Waals surface area contributed by atoms with Gasteiger partial charge in [0.1, 0.15) is 0 Å². The summed E-state index contributed by atoms with van der Waals surface area (Å²) >= 11 is 3.42. The minimum Gasteiger partial charge on any atom is -0.478 e. The maximum atomic E-state index is 10.9. The van der Waals surface area contributed by atoms with Gasteiger partial charge in [-0.3, -0.25) is 0 Å². The highest BCUT2D eigenvalue weighted by molar-refractivity contribution is 9.10. The van der Waals surface area contributed by atoms with E-state index < -0.39 is 5.97 Å². The van der Waals surface area contributed by atoms with Gasteiger partial charge in [-0.05, 0) is 48.9 Å². The van der Waals surface area contributed by atoms with Crippen molar-refractivity contribution in [3.8, 4) is 0 Å². The van der Waals surface area contributed by atoms with E-state index in [4.69, 9.17) is 5.11 Å². The van der Waals surface area contributed by atoms with E-state index in [1.165, 1.54) is 19.3 Å². The third-order valence-corrected chi connectivity index (χ3v) is 5.06. The van der Waals surface area contributed by atoms with Crippen LogP contribution in [0.5, 0.6) is 0 Å². The van der Waals surface area contributed by atoms with Gasteiger partial charge < -0.3 is 15.5 Å². The molecule has 0 spiro atoms. The second kappa shape index (κ2) is 7.92. The highest BCUT2D eigenvalue weighted by Gasteiger charge is 2.23. The van der Waals surface area contributed by atoms with Crippen LogP contribution >= 0.6 is 15.9 Å². The zero-order valence-corrected chi connectivity index (χ0v) is 13.6. The number of hydrogen-bond acceptors (Lipinski definition) is 3. The van der Waals surface area contributed by atoms with Crippen LogP contribution in [0.15, 0.2) is 22.7 Å². The zero-order valence-electron chi connectivity index (χ0n) is 12.0.